The summed E-state index contributed by atoms with van der Waals surface area (Å²) in [5, 5.41) is 6.86. The van der Waals surface area contributed by atoms with Gasteiger partial charge in [0.2, 0.25) is 0 Å². The van der Waals surface area contributed by atoms with Crippen molar-refractivity contribution < 1.29 is 0 Å². The van der Waals surface area contributed by atoms with Gasteiger partial charge in [0.25, 0.3) is 0 Å². The summed E-state index contributed by atoms with van der Waals surface area (Å²) in [5.41, 5.74) is 5.67. The van der Waals surface area contributed by atoms with Crippen molar-refractivity contribution in [2.75, 3.05) is 0 Å². The largest absolute Gasteiger partial charge is 0.305 e. The first kappa shape index (κ1) is 13.8. The molecule has 1 heterocycles. The van der Waals surface area contributed by atoms with Gasteiger partial charge in [0.05, 0.1) is 10.7 Å². The Morgan fingerprint density at radius 2 is 2.05 bits per heavy atom. The molecule has 1 aromatic carbocycles. The lowest BCUT2D eigenvalue weighted by Crippen LogP contribution is -2.19. The van der Waals surface area contributed by atoms with E-state index in [1.54, 1.807) is 22.5 Å². The third-order valence-electron chi connectivity index (χ3n) is 4.13. The van der Waals surface area contributed by atoms with Crippen LogP contribution in [0.2, 0.25) is 0 Å². The molecule has 2 aromatic rings. The maximum atomic E-state index is 4.50. The van der Waals surface area contributed by atoms with Crippen molar-refractivity contribution in [2.45, 2.75) is 52.1 Å². The maximum Gasteiger partial charge on any atom is 0.0897 e. The summed E-state index contributed by atoms with van der Waals surface area (Å²) in [5.74, 6) is 0. The monoisotopic (exact) mass is 286 g/mol. The van der Waals surface area contributed by atoms with Crippen LogP contribution in [0.15, 0.2) is 23.6 Å². The van der Waals surface area contributed by atoms with E-state index >= 15 is 0 Å². The minimum Gasteiger partial charge on any atom is -0.305 e. The molecule has 0 radical (unpaired) electrons. The van der Waals surface area contributed by atoms with Crippen molar-refractivity contribution in [1.82, 2.24) is 10.3 Å². The molecule has 2 nitrogen and oxygen atoms in total. The molecule has 0 saturated carbocycles. The molecule has 3 heteroatoms. The van der Waals surface area contributed by atoms with Gasteiger partial charge in [0.1, 0.15) is 0 Å². The van der Waals surface area contributed by atoms with E-state index in [4.69, 9.17) is 0 Å². The average Bonchev–Trinajstić information content (AvgIpc) is 2.90. The highest BCUT2D eigenvalue weighted by molar-refractivity contribution is 7.09. The van der Waals surface area contributed by atoms with Gasteiger partial charge in [-0.2, -0.15) is 0 Å². The van der Waals surface area contributed by atoms with Gasteiger partial charge in [-0.25, -0.2) is 4.98 Å². The fourth-order valence-electron chi connectivity index (χ4n) is 2.89. The molecule has 0 amide bonds. The Labute approximate surface area is 125 Å². The molecule has 0 aliphatic heterocycles. The Hall–Kier alpha value is -1.19. The molecule has 0 bridgehead atoms. The number of rotatable bonds is 4. The first-order valence-electron chi connectivity index (χ1n) is 7.48. The summed E-state index contributed by atoms with van der Waals surface area (Å²) in [6, 6.07) is 7.39. The normalized spacial score (nSPS) is 15.9. The molecule has 1 aliphatic carbocycles. The quantitative estimate of drug-likeness (QED) is 0.912. The molecule has 1 atom stereocenters. The molecule has 0 saturated heterocycles. The van der Waals surface area contributed by atoms with E-state index in [0.717, 1.165) is 17.2 Å². The lowest BCUT2D eigenvalue weighted by molar-refractivity contribution is 0.566. The Morgan fingerprint density at radius 3 is 2.80 bits per heavy atom. The molecule has 1 unspecified atom stereocenters. The van der Waals surface area contributed by atoms with Gasteiger partial charge in [-0.1, -0.05) is 18.2 Å². The Morgan fingerprint density at radius 1 is 1.25 bits per heavy atom. The van der Waals surface area contributed by atoms with Crippen molar-refractivity contribution in [2.24, 2.45) is 0 Å². The lowest BCUT2D eigenvalue weighted by atomic mass is 9.89. The highest BCUT2D eigenvalue weighted by Gasteiger charge is 2.12. The van der Waals surface area contributed by atoms with Crippen molar-refractivity contribution in [3.05, 3.63) is 51.0 Å². The molecular weight excluding hydrogens is 264 g/mol. The van der Waals surface area contributed by atoms with Gasteiger partial charge >= 0.3 is 0 Å². The standard InChI is InChI=1S/C17H22N2S/c1-12(18-10-17-11-20-13(2)19-17)15-8-7-14-5-3-4-6-16(14)9-15/h7-9,11-12,18H,3-6,10H2,1-2H3. The van der Waals surface area contributed by atoms with Gasteiger partial charge < -0.3 is 5.32 Å². The van der Waals surface area contributed by atoms with Gasteiger partial charge in [-0.05, 0) is 56.2 Å². The topological polar surface area (TPSA) is 24.9 Å². The summed E-state index contributed by atoms with van der Waals surface area (Å²) in [6.45, 7) is 5.15. The zero-order valence-electron chi connectivity index (χ0n) is 12.3. The SMILES string of the molecule is Cc1nc(CNC(C)c2ccc3c(c2)CCCC3)cs1. The van der Waals surface area contributed by atoms with E-state index in [1.807, 2.05) is 0 Å². The maximum absolute atomic E-state index is 4.50. The molecule has 106 valence electrons. The van der Waals surface area contributed by atoms with Crippen molar-refractivity contribution >= 4 is 11.3 Å². The van der Waals surface area contributed by atoms with Gasteiger partial charge in [-0.3, -0.25) is 0 Å². The van der Waals surface area contributed by atoms with Crippen LogP contribution >= 0.6 is 11.3 Å². The number of aromatic nitrogens is 1. The van der Waals surface area contributed by atoms with Crippen molar-refractivity contribution in [1.29, 1.82) is 0 Å². The van der Waals surface area contributed by atoms with Crippen LogP contribution in [0.5, 0.6) is 0 Å². The fraction of sp³-hybridized carbons (Fsp3) is 0.471. The van der Waals surface area contributed by atoms with Gasteiger partial charge in [-0.15, -0.1) is 11.3 Å². The second-order valence-electron chi connectivity index (χ2n) is 5.70. The van der Waals surface area contributed by atoms with Crippen molar-refractivity contribution in [3.8, 4) is 0 Å². The third kappa shape index (κ3) is 3.10. The molecule has 1 aromatic heterocycles. The van der Waals surface area contributed by atoms with Crippen LogP contribution in [-0.2, 0) is 19.4 Å². The third-order valence-corrected chi connectivity index (χ3v) is 4.95. The van der Waals surface area contributed by atoms with Crippen LogP contribution in [0, 0.1) is 6.92 Å². The number of thiazole rings is 1. The number of hydrogen-bond donors (Lipinski definition) is 1. The number of fused-ring (bicyclic) bond motifs is 1. The Balaban J connectivity index is 1.66. The summed E-state index contributed by atoms with van der Waals surface area (Å²) in [4.78, 5) is 4.50. The van der Waals surface area contributed by atoms with E-state index < -0.39 is 0 Å². The summed E-state index contributed by atoms with van der Waals surface area (Å²) in [7, 11) is 0. The summed E-state index contributed by atoms with van der Waals surface area (Å²) >= 11 is 1.72. The molecule has 3 rings (SSSR count). The second-order valence-corrected chi connectivity index (χ2v) is 6.76. The molecule has 20 heavy (non-hydrogen) atoms. The van der Waals surface area contributed by atoms with Crippen LogP contribution in [0.1, 0.15) is 53.2 Å². The van der Waals surface area contributed by atoms with E-state index in [2.05, 4.69) is 47.7 Å². The van der Waals surface area contributed by atoms with E-state index in [0.29, 0.717) is 6.04 Å². The number of benzene rings is 1. The van der Waals surface area contributed by atoms with Crippen LogP contribution in [-0.4, -0.2) is 4.98 Å². The highest BCUT2D eigenvalue weighted by Crippen LogP contribution is 2.25. The van der Waals surface area contributed by atoms with Crippen molar-refractivity contribution in [3.63, 3.8) is 0 Å². The number of nitrogens with zero attached hydrogens (tertiary/aromatic N) is 1. The van der Waals surface area contributed by atoms with Crippen LogP contribution in [0.3, 0.4) is 0 Å². The molecular formula is C17H22N2S. The second kappa shape index (κ2) is 6.06. The van der Waals surface area contributed by atoms with E-state index in [9.17, 15) is 0 Å². The Kier molecular flexibility index (Phi) is 4.18. The fourth-order valence-corrected chi connectivity index (χ4v) is 3.50. The minimum absolute atomic E-state index is 0.379. The van der Waals surface area contributed by atoms with E-state index in [1.165, 1.54) is 31.2 Å². The van der Waals surface area contributed by atoms with Crippen LogP contribution in [0.25, 0.3) is 0 Å². The first-order valence-corrected chi connectivity index (χ1v) is 8.36. The average molecular weight is 286 g/mol. The molecule has 1 N–H and O–H groups in total. The zero-order chi connectivity index (χ0) is 13.9. The lowest BCUT2D eigenvalue weighted by Gasteiger charge is -2.19. The number of aryl methyl sites for hydroxylation is 3. The van der Waals surface area contributed by atoms with Gasteiger partial charge in [0, 0.05) is 18.0 Å². The molecule has 0 fully saturated rings. The molecule has 0 spiro atoms. The predicted octanol–water partition coefficient (Wildman–Crippen LogP) is 4.18. The summed E-state index contributed by atoms with van der Waals surface area (Å²) in [6.07, 6.45) is 5.20. The van der Waals surface area contributed by atoms with Crippen LogP contribution < -0.4 is 5.32 Å². The van der Waals surface area contributed by atoms with Crippen LogP contribution in [0.4, 0.5) is 0 Å². The highest BCUT2D eigenvalue weighted by atomic mass is 32.1. The minimum atomic E-state index is 0.379. The zero-order valence-corrected chi connectivity index (χ0v) is 13.1. The van der Waals surface area contributed by atoms with Gasteiger partial charge in [0.15, 0.2) is 0 Å². The Bertz CT molecular complexity index is 588. The first-order chi connectivity index (χ1) is 9.72. The van der Waals surface area contributed by atoms with E-state index in [-0.39, 0.29) is 0 Å². The number of nitrogens with one attached hydrogen (secondary N) is 1. The predicted molar refractivity (Wildman–Crippen MR) is 85.2 cm³/mol. The number of hydrogen-bond acceptors (Lipinski definition) is 3. The smallest absolute Gasteiger partial charge is 0.0897 e. The molecule has 1 aliphatic rings. The summed E-state index contributed by atoms with van der Waals surface area (Å²) < 4.78 is 0.